The van der Waals surface area contributed by atoms with Crippen LogP contribution in [0, 0.1) is 23.7 Å². The maximum atomic E-state index is 4.35. The molecule has 0 aromatic rings. The molecule has 8 nitrogen and oxygen atoms in total. The number of likely N-dealkylation sites (N-methyl/N-ethyl adjacent to an activating group) is 4. The highest BCUT2D eigenvalue weighted by Gasteiger charge is 2.48. The van der Waals surface area contributed by atoms with Gasteiger partial charge >= 0.3 is 0 Å². The summed E-state index contributed by atoms with van der Waals surface area (Å²) in [5.74, 6) is 1.47. The van der Waals surface area contributed by atoms with Gasteiger partial charge in [-0.05, 0) is 97.1 Å². The number of allylic oxidation sites excluding steroid dienone is 4. The van der Waals surface area contributed by atoms with Gasteiger partial charge in [0.1, 0.15) is 0 Å². The summed E-state index contributed by atoms with van der Waals surface area (Å²) in [4.78, 5) is 9.15. The maximum absolute atomic E-state index is 4.35. The smallest absolute Gasteiger partial charge is 0.0356 e. The zero-order valence-corrected chi connectivity index (χ0v) is 31.6. The molecule has 3 saturated heterocycles. The Morgan fingerprint density at radius 3 is 0.846 bits per heavy atom. The number of nitrogens with zero attached hydrogens (tertiary/aromatic N) is 4. The highest BCUT2D eigenvalue weighted by Crippen LogP contribution is 2.42. The van der Waals surface area contributed by atoms with Crippen LogP contribution in [0.15, 0.2) is 120 Å². The molecule has 52 heavy (non-hydrogen) atoms. The first-order valence-electron chi connectivity index (χ1n) is 20.1. The number of rotatable bonds is 4. The van der Waals surface area contributed by atoms with Crippen molar-refractivity contribution in [1.29, 1.82) is 0 Å². The average molecular weight is 701 g/mol. The van der Waals surface area contributed by atoms with Crippen molar-refractivity contribution in [2.45, 2.75) is 74.0 Å². The van der Waals surface area contributed by atoms with Crippen molar-refractivity contribution in [2.75, 3.05) is 54.4 Å². The minimum absolute atomic E-state index is 0.279. The molecule has 0 aliphatic carbocycles. The molecule has 9 aliphatic heterocycles. The van der Waals surface area contributed by atoms with E-state index in [0.717, 1.165) is 26.2 Å². The molecule has 0 amide bonds. The minimum atomic E-state index is 0.279. The molecule has 4 N–H and O–H groups in total. The first-order chi connectivity index (χ1) is 25.4. The molecule has 276 valence electrons. The molecule has 8 bridgehead atoms. The Bertz CT molecular complexity index is 1440. The molecular weight excluding hydrogens is 641 g/mol. The van der Waals surface area contributed by atoms with Crippen LogP contribution in [0.3, 0.4) is 0 Å². The van der Waals surface area contributed by atoms with E-state index in [-0.39, 0.29) is 24.2 Å². The van der Waals surface area contributed by atoms with E-state index in [0.29, 0.717) is 47.8 Å². The van der Waals surface area contributed by atoms with Crippen molar-refractivity contribution in [3.63, 3.8) is 0 Å². The topological polar surface area (TPSA) is 61.1 Å². The van der Waals surface area contributed by atoms with Crippen molar-refractivity contribution in [1.82, 2.24) is 40.9 Å². The Morgan fingerprint density at radius 1 is 0.385 bits per heavy atom. The molecule has 0 saturated carbocycles. The van der Waals surface area contributed by atoms with Gasteiger partial charge in [-0.1, -0.05) is 48.6 Å². The normalized spacial score (nSPS) is 41.2. The Kier molecular flexibility index (Phi) is 9.44. The first-order valence-corrected chi connectivity index (χ1v) is 20.1. The Balaban J connectivity index is 1.11. The largest absolute Gasteiger partial charge is 0.377 e. The van der Waals surface area contributed by atoms with Crippen molar-refractivity contribution < 1.29 is 0 Å². The summed E-state index contributed by atoms with van der Waals surface area (Å²) < 4.78 is 0. The molecular formula is C44H60N8. The predicted octanol–water partition coefficient (Wildman–Crippen LogP) is 4.04. The lowest BCUT2D eigenvalue weighted by atomic mass is 9.81. The second-order valence-electron chi connectivity index (χ2n) is 17.1. The van der Waals surface area contributed by atoms with Crippen LogP contribution in [-0.4, -0.2) is 122 Å². The van der Waals surface area contributed by atoms with Crippen LogP contribution in [-0.2, 0) is 0 Å². The van der Waals surface area contributed by atoms with Crippen molar-refractivity contribution in [2.24, 2.45) is 23.7 Å². The lowest BCUT2D eigenvalue weighted by Gasteiger charge is -2.39. The molecule has 9 rings (SSSR count). The summed E-state index contributed by atoms with van der Waals surface area (Å²) in [6.45, 7) is 3.87. The van der Waals surface area contributed by atoms with E-state index in [1.165, 1.54) is 48.0 Å². The molecule has 12 atom stereocenters. The van der Waals surface area contributed by atoms with Crippen LogP contribution in [0.4, 0.5) is 0 Å². The monoisotopic (exact) mass is 700 g/mol. The molecule has 0 aromatic carbocycles. The zero-order chi connectivity index (χ0) is 35.3. The Hall–Kier alpha value is -3.56. The van der Waals surface area contributed by atoms with Gasteiger partial charge < -0.3 is 40.9 Å². The highest BCUT2D eigenvalue weighted by atomic mass is 15.1. The van der Waals surface area contributed by atoms with E-state index in [4.69, 9.17) is 0 Å². The second-order valence-corrected chi connectivity index (χ2v) is 17.1. The van der Waals surface area contributed by atoms with Crippen LogP contribution in [0.25, 0.3) is 0 Å². The van der Waals surface area contributed by atoms with Crippen molar-refractivity contribution >= 4 is 0 Å². The van der Waals surface area contributed by atoms with Crippen LogP contribution < -0.4 is 21.3 Å². The summed E-state index contributed by atoms with van der Waals surface area (Å²) in [6.07, 6.45) is 43.6. The SMILES string of the molecule is CN1C=CC(C2C3C=CC(N3)C(C3=CCN(C)C=C3)C3CCC(N3)C(C3=CCN(C)C=C3)C3C=CC(N3)C(C3=CCN(C)C=C3)C3CCC2N3)=CC1. The minimum Gasteiger partial charge on any atom is -0.377 e. The van der Waals surface area contributed by atoms with Gasteiger partial charge in [-0.25, -0.2) is 0 Å². The van der Waals surface area contributed by atoms with E-state index in [9.17, 15) is 0 Å². The maximum Gasteiger partial charge on any atom is 0.0356 e. The summed E-state index contributed by atoms with van der Waals surface area (Å²) in [5, 5.41) is 17.3. The summed E-state index contributed by atoms with van der Waals surface area (Å²) in [6, 6.07) is 2.71. The average Bonchev–Trinajstić information content (AvgIpc) is 3.99. The standard InChI is InChI=1S/C44H60N8/c1-49-21-13-29(14-22-49)41-33-5-7-35(45-33)42(30-15-23-50(2)24-16-30)37-9-11-39(47-37)44(32-19-27-52(4)28-20-32)40-12-10-38(48-40)43(36-8-6-34(41)46-36)31-17-25-51(3)26-18-31/h5,7,10,12-21,23,25,27,33-48H,6,8-9,11,22,24,26,28H2,1-4H3. The van der Waals surface area contributed by atoms with Crippen LogP contribution in [0.2, 0.25) is 0 Å². The predicted molar refractivity (Wildman–Crippen MR) is 213 cm³/mol. The van der Waals surface area contributed by atoms with Crippen molar-refractivity contribution in [3.8, 4) is 0 Å². The lowest BCUT2D eigenvalue weighted by Crippen LogP contribution is -2.55. The van der Waals surface area contributed by atoms with Crippen LogP contribution in [0.5, 0.6) is 0 Å². The number of hydrogen-bond donors (Lipinski definition) is 4. The summed E-state index contributed by atoms with van der Waals surface area (Å²) in [5.41, 5.74) is 5.91. The molecule has 0 spiro atoms. The van der Waals surface area contributed by atoms with Gasteiger partial charge in [0.2, 0.25) is 0 Å². The van der Waals surface area contributed by atoms with E-state index in [2.05, 4.69) is 167 Å². The third-order valence-electron chi connectivity index (χ3n) is 13.6. The van der Waals surface area contributed by atoms with Crippen molar-refractivity contribution in [3.05, 3.63) is 120 Å². The molecule has 3 fully saturated rings. The molecule has 0 radical (unpaired) electrons. The van der Waals surface area contributed by atoms with Gasteiger partial charge in [0.05, 0.1) is 0 Å². The van der Waals surface area contributed by atoms with E-state index in [1.807, 2.05) is 0 Å². The Labute approximate surface area is 312 Å². The van der Waals surface area contributed by atoms with Gasteiger partial charge in [0.25, 0.3) is 0 Å². The van der Waals surface area contributed by atoms with Crippen LogP contribution in [0.1, 0.15) is 25.7 Å². The van der Waals surface area contributed by atoms with E-state index < -0.39 is 0 Å². The number of nitrogens with one attached hydrogen (secondary N) is 4. The molecule has 12 unspecified atom stereocenters. The second kappa shape index (κ2) is 14.3. The fourth-order valence-corrected chi connectivity index (χ4v) is 10.9. The zero-order valence-electron chi connectivity index (χ0n) is 31.6. The Morgan fingerprint density at radius 2 is 0.635 bits per heavy atom. The van der Waals surface area contributed by atoms with Gasteiger partial charge in [-0.3, -0.25) is 0 Å². The molecule has 8 heteroatoms. The summed E-state index contributed by atoms with van der Waals surface area (Å²) >= 11 is 0. The number of hydrogen-bond acceptors (Lipinski definition) is 8. The third kappa shape index (κ3) is 6.61. The fourth-order valence-electron chi connectivity index (χ4n) is 10.9. The molecule has 0 aromatic heterocycles. The molecule has 9 heterocycles. The van der Waals surface area contributed by atoms with Crippen LogP contribution >= 0.6 is 0 Å². The number of fused-ring (bicyclic) bond motifs is 8. The highest BCUT2D eigenvalue weighted by molar-refractivity contribution is 5.39. The fraction of sp³-hybridized carbons (Fsp3) is 0.545. The van der Waals surface area contributed by atoms with Gasteiger partial charge in [0.15, 0.2) is 0 Å². The van der Waals surface area contributed by atoms with E-state index >= 15 is 0 Å². The lowest BCUT2D eigenvalue weighted by molar-refractivity contribution is 0.275. The molecule has 9 aliphatic rings. The van der Waals surface area contributed by atoms with Gasteiger partial charge in [0, 0.05) is 126 Å². The summed E-state index contributed by atoms with van der Waals surface area (Å²) in [7, 11) is 8.72. The third-order valence-corrected chi connectivity index (χ3v) is 13.6. The van der Waals surface area contributed by atoms with E-state index in [1.54, 1.807) is 0 Å². The van der Waals surface area contributed by atoms with Gasteiger partial charge in [-0.2, -0.15) is 0 Å². The van der Waals surface area contributed by atoms with Gasteiger partial charge in [-0.15, -0.1) is 0 Å². The first kappa shape index (κ1) is 34.2. The quantitative estimate of drug-likeness (QED) is 0.329.